The zero-order chi connectivity index (χ0) is 26.3. The zero-order valence-electron chi connectivity index (χ0n) is 23.3. The summed E-state index contributed by atoms with van der Waals surface area (Å²) in [7, 11) is 0. The molecule has 0 fully saturated rings. The highest BCUT2D eigenvalue weighted by molar-refractivity contribution is 6.08. The Morgan fingerprint density at radius 1 is 0.571 bits per heavy atom. The summed E-state index contributed by atoms with van der Waals surface area (Å²) >= 11 is 0. The van der Waals surface area contributed by atoms with E-state index < -0.39 is 0 Å². The third kappa shape index (κ3) is 7.39. The summed E-state index contributed by atoms with van der Waals surface area (Å²) < 4.78 is 6.26. The number of aromatic nitrogens is 2. The Morgan fingerprint density at radius 2 is 1.17 bits per heavy atom. The zero-order valence-corrected chi connectivity index (χ0v) is 24.9. The molecule has 0 atom stereocenters. The van der Waals surface area contributed by atoms with E-state index in [4.69, 9.17) is 9.72 Å². The molecular weight excluding hydrogens is 567 g/mol. The molecule has 0 aliphatic carbocycles. The van der Waals surface area contributed by atoms with Crippen molar-refractivity contribution in [3.63, 3.8) is 0 Å². The monoisotopic (exact) mass is 602 g/mol. The molecule has 0 aliphatic heterocycles. The highest BCUT2D eigenvalue weighted by Gasteiger charge is 2.11. The van der Waals surface area contributed by atoms with Gasteiger partial charge in [-0.3, -0.25) is 4.98 Å². The summed E-state index contributed by atoms with van der Waals surface area (Å²) in [5.41, 5.74) is 6.16. The number of para-hydroxylation sites is 5. The quantitative estimate of drug-likeness (QED) is 0.114. The normalized spacial score (nSPS) is 10.4. The molecule has 0 bridgehead atoms. The molecule has 4 N–H and O–H groups in total. The van der Waals surface area contributed by atoms with Crippen LogP contribution in [-0.2, 0) is 0 Å². The van der Waals surface area contributed by atoms with Crippen molar-refractivity contribution in [2.45, 2.75) is 25.7 Å². The predicted octanol–water partition coefficient (Wildman–Crippen LogP) is 8.75. The Balaban J connectivity index is 0.00000161. The molecule has 0 saturated heterocycles. The average molecular weight is 604 g/mol. The number of unbranched alkanes of at least 4 members (excludes halogenated alkanes) is 3. The van der Waals surface area contributed by atoms with Crippen LogP contribution in [0.4, 0.5) is 17.1 Å². The van der Waals surface area contributed by atoms with Crippen LogP contribution in [0, 0.1) is 0 Å². The molecule has 2 aromatic heterocycles. The van der Waals surface area contributed by atoms with Crippen LogP contribution in [0.25, 0.3) is 32.7 Å². The van der Waals surface area contributed by atoms with Gasteiger partial charge in [0.2, 0.25) is 0 Å². The van der Waals surface area contributed by atoms with E-state index in [1.54, 1.807) is 0 Å². The van der Waals surface area contributed by atoms with Crippen molar-refractivity contribution in [3.05, 3.63) is 109 Å². The van der Waals surface area contributed by atoms with E-state index in [1.807, 2.05) is 42.6 Å². The highest BCUT2D eigenvalue weighted by atomic mass is 35.5. The predicted molar refractivity (Wildman–Crippen MR) is 181 cm³/mol. The SMILES string of the molecule is Cl.Cl.O.c1ccc(OCCCCCCNc2ccnc3ccccc23)c(Nc2c3ccccc3nc3ccccc23)c1. The molecule has 0 saturated carbocycles. The Hall–Kier alpha value is -4.10. The molecule has 0 spiro atoms. The van der Waals surface area contributed by atoms with Crippen LogP contribution in [-0.4, -0.2) is 28.6 Å². The van der Waals surface area contributed by atoms with Crippen molar-refractivity contribution in [1.82, 2.24) is 9.97 Å². The van der Waals surface area contributed by atoms with Gasteiger partial charge in [0.15, 0.2) is 0 Å². The van der Waals surface area contributed by atoms with Gasteiger partial charge in [-0.1, -0.05) is 79.6 Å². The third-order valence-electron chi connectivity index (χ3n) is 7.03. The molecular formula is C34H36Cl2N4O2. The molecule has 0 amide bonds. The molecule has 0 radical (unpaired) electrons. The molecule has 0 unspecified atom stereocenters. The van der Waals surface area contributed by atoms with Crippen LogP contribution in [0.15, 0.2) is 109 Å². The smallest absolute Gasteiger partial charge is 0.142 e. The summed E-state index contributed by atoms with van der Waals surface area (Å²) in [6, 6.07) is 35.0. The second-order valence-electron chi connectivity index (χ2n) is 9.71. The van der Waals surface area contributed by atoms with Crippen LogP contribution in [0.3, 0.4) is 0 Å². The lowest BCUT2D eigenvalue weighted by Crippen LogP contribution is -2.04. The molecule has 218 valence electrons. The van der Waals surface area contributed by atoms with Crippen LogP contribution in [0.1, 0.15) is 25.7 Å². The summed E-state index contributed by atoms with van der Waals surface area (Å²) in [5, 5.41) is 10.6. The summed E-state index contributed by atoms with van der Waals surface area (Å²) in [6.45, 7) is 1.65. The van der Waals surface area contributed by atoms with Crippen molar-refractivity contribution >= 4 is 74.6 Å². The number of nitrogens with zero attached hydrogens (tertiary/aromatic N) is 2. The molecule has 6 nitrogen and oxygen atoms in total. The van der Waals surface area contributed by atoms with Gasteiger partial charge in [-0.15, -0.1) is 24.8 Å². The maximum Gasteiger partial charge on any atom is 0.142 e. The number of nitrogens with one attached hydrogen (secondary N) is 2. The van der Waals surface area contributed by atoms with Gasteiger partial charge >= 0.3 is 0 Å². The number of anilines is 3. The Bertz CT molecular complexity index is 1670. The average Bonchev–Trinajstić information content (AvgIpc) is 2.99. The Morgan fingerprint density at radius 3 is 1.90 bits per heavy atom. The third-order valence-corrected chi connectivity index (χ3v) is 7.03. The number of hydrogen-bond donors (Lipinski definition) is 2. The maximum absolute atomic E-state index is 6.26. The van der Waals surface area contributed by atoms with Crippen molar-refractivity contribution in [2.75, 3.05) is 23.8 Å². The van der Waals surface area contributed by atoms with Crippen molar-refractivity contribution in [2.24, 2.45) is 0 Å². The van der Waals surface area contributed by atoms with Gasteiger partial charge in [0, 0.05) is 34.6 Å². The van der Waals surface area contributed by atoms with E-state index in [0.29, 0.717) is 6.61 Å². The van der Waals surface area contributed by atoms with E-state index in [1.165, 1.54) is 5.39 Å². The molecule has 42 heavy (non-hydrogen) atoms. The number of pyridine rings is 2. The highest BCUT2D eigenvalue weighted by Crippen LogP contribution is 2.36. The molecule has 4 aromatic carbocycles. The van der Waals surface area contributed by atoms with Crippen LogP contribution >= 0.6 is 24.8 Å². The first-order chi connectivity index (χ1) is 19.4. The summed E-state index contributed by atoms with van der Waals surface area (Å²) in [5.74, 6) is 0.869. The maximum atomic E-state index is 6.26. The van der Waals surface area contributed by atoms with Gasteiger partial charge in [0.1, 0.15) is 5.75 Å². The summed E-state index contributed by atoms with van der Waals surface area (Å²) in [4.78, 5) is 9.29. The van der Waals surface area contributed by atoms with E-state index in [0.717, 1.165) is 82.4 Å². The number of benzene rings is 4. The van der Waals surface area contributed by atoms with Gasteiger partial charge in [0.05, 0.1) is 34.5 Å². The fourth-order valence-corrected chi connectivity index (χ4v) is 5.04. The molecule has 6 aromatic rings. The fraction of sp³-hybridized carbons (Fsp3) is 0.176. The van der Waals surface area contributed by atoms with E-state index in [-0.39, 0.29) is 30.3 Å². The molecule has 2 heterocycles. The van der Waals surface area contributed by atoms with Gasteiger partial charge in [-0.2, -0.15) is 0 Å². The first-order valence-corrected chi connectivity index (χ1v) is 13.7. The molecule has 0 aliphatic rings. The lowest BCUT2D eigenvalue weighted by atomic mass is 10.1. The first-order valence-electron chi connectivity index (χ1n) is 13.7. The largest absolute Gasteiger partial charge is 0.491 e. The number of rotatable bonds is 11. The van der Waals surface area contributed by atoms with E-state index in [9.17, 15) is 0 Å². The second-order valence-corrected chi connectivity index (χ2v) is 9.71. The van der Waals surface area contributed by atoms with Gasteiger partial charge < -0.3 is 20.8 Å². The molecule has 8 heteroatoms. The van der Waals surface area contributed by atoms with Gasteiger partial charge in [-0.25, -0.2) is 4.98 Å². The lowest BCUT2D eigenvalue weighted by Gasteiger charge is -2.16. The lowest BCUT2D eigenvalue weighted by molar-refractivity contribution is 0.306. The minimum Gasteiger partial charge on any atom is -0.491 e. The standard InChI is InChI=1S/C34H32N4O.2ClH.H2O/c1(11-22-35-29-21-23-36-28-16-6-3-13-25(28)29)2-12-24-39-33-20-10-9-19-32(33)38-34-26-14-4-7-17-30(26)37-31-18-8-5-15-27(31)34;;;/h3-10,13-21,23H,1-2,11-12,22,24H2,(H,35,36)(H,37,38);2*1H;1H2. The van der Waals surface area contributed by atoms with Crippen molar-refractivity contribution in [1.29, 1.82) is 0 Å². The van der Waals surface area contributed by atoms with Crippen LogP contribution in [0.5, 0.6) is 5.75 Å². The summed E-state index contributed by atoms with van der Waals surface area (Å²) in [6.07, 6.45) is 6.31. The van der Waals surface area contributed by atoms with Crippen molar-refractivity contribution in [3.8, 4) is 5.75 Å². The molecule has 6 rings (SSSR count). The first kappa shape index (κ1) is 32.4. The number of halogens is 2. The Kier molecular flexibility index (Phi) is 12.2. The topological polar surface area (TPSA) is 90.6 Å². The van der Waals surface area contributed by atoms with Crippen LogP contribution < -0.4 is 15.4 Å². The van der Waals surface area contributed by atoms with Gasteiger partial charge in [-0.05, 0) is 49.2 Å². The number of fused-ring (bicyclic) bond motifs is 3. The number of ether oxygens (including phenoxy) is 1. The van der Waals surface area contributed by atoms with Crippen LogP contribution in [0.2, 0.25) is 0 Å². The Labute approximate surface area is 258 Å². The minimum absolute atomic E-state index is 0. The van der Waals surface area contributed by atoms with Gasteiger partial charge in [0.25, 0.3) is 0 Å². The minimum atomic E-state index is 0. The second kappa shape index (κ2) is 15.8. The van der Waals surface area contributed by atoms with Crippen molar-refractivity contribution < 1.29 is 10.2 Å². The fourth-order valence-electron chi connectivity index (χ4n) is 5.04. The van der Waals surface area contributed by atoms with E-state index in [2.05, 4.69) is 82.3 Å². The number of hydrogen-bond acceptors (Lipinski definition) is 5. The van der Waals surface area contributed by atoms with E-state index >= 15 is 0 Å².